The number of rotatable bonds is 6. The van der Waals surface area contributed by atoms with Crippen LogP contribution >= 0.6 is 0 Å². The number of hydrogen-bond acceptors (Lipinski definition) is 5. The van der Waals surface area contributed by atoms with E-state index < -0.39 is 0 Å². The minimum Gasteiger partial charge on any atom is -0.494 e. The summed E-state index contributed by atoms with van der Waals surface area (Å²) in [6.45, 7) is 4.65. The van der Waals surface area contributed by atoms with Gasteiger partial charge in [0.2, 0.25) is 5.88 Å². The van der Waals surface area contributed by atoms with Crippen molar-refractivity contribution in [1.82, 2.24) is 9.97 Å². The lowest BCUT2D eigenvalue weighted by Crippen LogP contribution is -2.02. The predicted octanol–water partition coefficient (Wildman–Crippen LogP) is 3.27. The van der Waals surface area contributed by atoms with Crippen LogP contribution in [0, 0.1) is 0 Å². The number of hydrogen-bond donors (Lipinski definition) is 1. The number of benzene rings is 1. The standard InChI is InChI=1S/C15H19N3O2/c1-4-13-14(16-3)17-10-18-15(13)20-12-8-6-11(7-9-12)19-5-2/h6-10H,4-5H2,1-3H3,(H,16,17,18). The molecule has 0 radical (unpaired) electrons. The Morgan fingerprint density at radius 1 is 1.05 bits per heavy atom. The Morgan fingerprint density at radius 3 is 2.35 bits per heavy atom. The molecule has 106 valence electrons. The van der Waals surface area contributed by atoms with E-state index in [-0.39, 0.29) is 0 Å². The summed E-state index contributed by atoms with van der Waals surface area (Å²) in [6.07, 6.45) is 2.29. The molecule has 0 aliphatic carbocycles. The molecular weight excluding hydrogens is 254 g/mol. The van der Waals surface area contributed by atoms with Crippen molar-refractivity contribution in [2.45, 2.75) is 20.3 Å². The molecule has 0 aliphatic heterocycles. The molecule has 2 aromatic rings. The first-order valence-corrected chi connectivity index (χ1v) is 6.70. The molecule has 0 saturated heterocycles. The van der Waals surface area contributed by atoms with E-state index in [0.717, 1.165) is 29.3 Å². The van der Waals surface area contributed by atoms with Gasteiger partial charge in [-0.2, -0.15) is 0 Å². The average Bonchev–Trinajstić information content (AvgIpc) is 2.49. The van der Waals surface area contributed by atoms with Gasteiger partial charge in [-0.25, -0.2) is 9.97 Å². The molecule has 0 bridgehead atoms. The van der Waals surface area contributed by atoms with Gasteiger partial charge in [-0.3, -0.25) is 0 Å². The van der Waals surface area contributed by atoms with E-state index >= 15 is 0 Å². The van der Waals surface area contributed by atoms with Crippen LogP contribution in [-0.4, -0.2) is 23.6 Å². The van der Waals surface area contributed by atoms with E-state index in [0.29, 0.717) is 12.5 Å². The highest BCUT2D eigenvalue weighted by Gasteiger charge is 2.10. The van der Waals surface area contributed by atoms with E-state index in [1.54, 1.807) is 0 Å². The molecule has 20 heavy (non-hydrogen) atoms. The zero-order valence-electron chi connectivity index (χ0n) is 12.0. The monoisotopic (exact) mass is 273 g/mol. The molecular formula is C15H19N3O2. The number of anilines is 1. The van der Waals surface area contributed by atoms with Gasteiger partial charge in [-0.05, 0) is 37.6 Å². The highest BCUT2D eigenvalue weighted by Crippen LogP contribution is 2.28. The largest absolute Gasteiger partial charge is 0.494 e. The fraction of sp³-hybridized carbons (Fsp3) is 0.333. The molecule has 0 aliphatic rings. The van der Waals surface area contributed by atoms with E-state index in [2.05, 4.69) is 15.3 Å². The second-order valence-corrected chi connectivity index (χ2v) is 4.12. The molecule has 1 aromatic heterocycles. The lowest BCUT2D eigenvalue weighted by atomic mass is 10.2. The zero-order valence-corrected chi connectivity index (χ0v) is 12.0. The van der Waals surface area contributed by atoms with Crippen LogP contribution in [0.25, 0.3) is 0 Å². The molecule has 1 aromatic carbocycles. The van der Waals surface area contributed by atoms with Crippen molar-refractivity contribution >= 4 is 5.82 Å². The summed E-state index contributed by atoms with van der Waals surface area (Å²) in [5.41, 5.74) is 0.962. The SMILES string of the molecule is CCOc1ccc(Oc2ncnc(NC)c2CC)cc1. The first-order valence-electron chi connectivity index (χ1n) is 6.70. The van der Waals surface area contributed by atoms with E-state index in [1.807, 2.05) is 45.2 Å². The summed E-state index contributed by atoms with van der Waals surface area (Å²) in [5.74, 6) is 2.93. The summed E-state index contributed by atoms with van der Waals surface area (Å²) in [5, 5.41) is 3.05. The van der Waals surface area contributed by atoms with Gasteiger partial charge in [0.1, 0.15) is 23.6 Å². The van der Waals surface area contributed by atoms with Crippen LogP contribution < -0.4 is 14.8 Å². The topological polar surface area (TPSA) is 56.3 Å². The molecule has 0 fully saturated rings. The normalized spacial score (nSPS) is 10.2. The molecule has 5 nitrogen and oxygen atoms in total. The lowest BCUT2D eigenvalue weighted by molar-refractivity contribution is 0.339. The van der Waals surface area contributed by atoms with Crippen molar-refractivity contribution in [2.75, 3.05) is 19.0 Å². The van der Waals surface area contributed by atoms with Crippen LogP contribution in [0.5, 0.6) is 17.4 Å². The third kappa shape index (κ3) is 3.17. The third-order valence-electron chi connectivity index (χ3n) is 2.85. The Bertz CT molecular complexity index is 556. The smallest absolute Gasteiger partial charge is 0.227 e. The first kappa shape index (κ1) is 14.1. The molecule has 1 heterocycles. The highest BCUT2D eigenvalue weighted by atomic mass is 16.5. The quantitative estimate of drug-likeness (QED) is 0.875. The minimum atomic E-state index is 0.580. The molecule has 1 N–H and O–H groups in total. The third-order valence-corrected chi connectivity index (χ3v) is 2.85. The Balaban J connectivity index is 2.21. The summed E-state index contributed by atoms with van der Waals surface area (Å²) in [4.78, 5) is 8.39. The van der Waals surface area contributed by atoms with Crippen LogP contribution in [0.4, 0.5) is 5.82 Å². The number of nitrogens with zero attached hydrogens (tertiary/aromatic N) is 2. The van der Waals surface area contributed by atoms with Crippen LogP contribution in [0.1, 0.15) is 19.4 Å². The van der Waals surface area contributed by atoms with Gasteiger partial charge >= 0.3 is 0 Å². The van der Waals surface area contributed by atoms with Crippen LogP contribution in [0.15, 0.2) is 30.6 Å². The average molecular weight is 273 g/mol. The maximum atomic E-state index is 5.83. The van der Waals surface area contributed by atoms with Crippen LogP contribution in [0.3, 0.4) is 0 Å². The molecule has 0 unspecified atom stereocenters. The van der Waals surface area contributed by atoms with E-state index in [1.165, 1.54) is 6.33 Å². The summed E-state index contributed by atoms with van der Waals surface area (Å²) < 4.78 is 11.2. The van der Waals surface area contributed by atoms with Gasteiger partial charge in [0, 0.05) is 7.05 Å². The molecule has 2 rings (SSSR count). The number of nitrogens with one attached hydrogen (secondary N) is 1. The predicted molar refractivity (Wildman–Crippen MR) is 78.6 cm³/mol. The molecule has 0 amide bonds. The van der Waals surface area contributed by atoms with Gasteiger partial charge in [0.25, 0.3) is 0 Å². The summed E-state index contributed by atoms with van der Waals surface area (Å²) >= 11 is 0. The Morgan fingerprint density at radius 2 is 1.75 bits per heavy atom. The van der Waals surface area contributed by atoms with Crippen molar-refractivity contribution in [2.24, 2.45) is 0 Å². The molecule has 0 spiro atoms. The van der Waals surface area contributed by atoms with Crippen LogP contribution in [0.2, 0.25) is 0 Å². The second-order valence-electron chi connectivity index (χ2n) is 4.12. The molecule has 5 heteroatoms. The second kappa shape index (κ2) is 6.75. The zero-order chi connectivity index (χ0) is 14.4. The van der Waals surface area contributed by atoms with Crippen molar-refractivity contribution in [3.63, 3.8) is 0 Å². The van der Waals surface area contributed by atoms with Crippen molar-refractivity contribution in [3.05, 3.63) is 36.2 Å². The van der Waals surface area contributed by atoms with Gasteiger partial charge in [-0.15, -0.1) is 0 Å². The van der Waals surface area contributed by atoms with Crippen molar-refractivity contribution in [1.29, 1.82) is 0 Å². The van der Waals surface area contributed by atoms with Gasteiger partial charge in [-0.1, -0.05) is 6.92 Å². The van der Waals surface area contributed by atoms with Crippen LogP contribution in [-0.2, 0) is 6.42 Å². The summed E-state index contributed by atoms with van der Waals surface area (Å²) in [6, 6.07) is 7.49. The fourth-order valence-electron chi connectivity index (χ4n) is 1.90. The van der Waals surface area contributed by atoms with E-state index in [4.69, 9.17) is 9.47 Å². The number of ether oxygens (including phenoxy) is 2. The lowest BCUT2D eigenvalue weighted by Gasteiger charge is -2.12. The maximum absolute atomic E-state index is 5.83. The molecule has 0 atom stereocenters. The minimum absolute atomic E-state index is 0.580. The van der Waals surface area contributed by atoms with Crippen molar-refractivity contribution in [3.8, 4) is 17.4 Å². The van der Waals surface area contributed by atoms with Crippen molar-refractivity contribution < 1.29 is 9.47 Å². The fourth-order valence-corrected chi connectivity index (χ4v) is 1.90. The molecule has 0 saturated carbocycles. The van der Waals surface area contributed by atoms with E-state index in [9.17, 15) is 0 Å². The Kier molecular flexibility index (Phi) is 4.76. The van der Waals surface area contributed by atoms with Gasteiger partial charge < -0.3 is 14.8 Å². The highest BCUT2D eigenvalue weighted by molar-refractivity contribution is 5.49. The Labute approximate surface area is 119 Å². The Hall–Kier alpha value is -2.30. The maximum Gasteiger partial charge on any atom is 0.227 e. The summed E-state index contributed by atoms with van der Waals surface area (Å²) in [7, 11) is 1.84. The number of aromatic nitrogens is 2. The first-order chi connectivity index (χ1) is 9.78. The van der Waals surface area contributed by atoms with Gasteiger partial charge in [0.05, 0.1) is 12.2 Å². The van der Waals surface area contributed by atoms with Gasteiger partial charge in [0.15, 0.2) is 0 Å².